The Bertz CT molecular complexity index is 82.7. The molecule has 0 bridgehead atoms. The van der Waals surface area contributed by atoms with Gasteiger partial charge in [0.2, 0.25) is 0 Å². The predicted molar refractivity (Wildman–Crippen MR) is 36.0 cm³/mol. The van der Waals surface area contributed by atoms with E-state index in [1.54, 1.807) is 0 Å². The Morgan fingerprint density at radius 2 is 1.25 bits per heavy atom. The third-order valence-corrected chi connectivity index (χ3v) is 1.17. The highest BCUT2D eigenvalue weighted by molar-refractivity contribution is 5.05. The maximum atomic E-state index is 5.48. The van der Waals surface area contributed by atoms with E-state index in [1.807, 2.05) is 13.8 Å². The summed E-state index contributed by atoms with van der Waals surface area (Å²) in [5.41, 5.74) is 12.6. The number of rotatable bonds is 2. The molecule has 4 N–H and O–H groups in total. The Labute approximate surface area is 50.6 Å². The first kappa shape index (κ1) is 7.34. The summed E-state index contributed by atoms with van der Waals surface area (Å²) in [5, 5.41) is 0. The zero-order valence-electron chi connectivity index (χ0n) is 5.57. The lowest BCUT2D eigenvalue weighted by molar-refractivity contribution is 0.949. The van der Waals surface area contributed by atoms with Gasteiger partial charge in [0, 0.05) is 11.4 Å². The quantitative estimate of drug-likeness (QED) is 0.561. The van der Waals surface area contributed by atoms with E-state index in [-0.39, 0.29) is 0 Å². The minimum Gasteiger partial charge on any atom is -0.401 e. The standard InChI is InChI=1S/C6H14N2/c1-3-5(7)6(8)4-2/h3-4,7-8H2,1-2H3. The van der Waals surface area contributed by atoms with Crippen LogP contribution < -0.4 is 11.5 Å². The van der Waals surface area contributed by atoms with Crippen molar-refractivity contribution in [2.24, 2.45) is 11.5 Å². The Morgan fingerprint density at radius 3 is 1.38 bits per heavy atom. The molecule has 0 fully saturated rings. The number of allylic oxidation sites excluding steroid dienone is 2. The summed E-state index contributed by atoms with van der Waals surface area (Å²) in [6.07, 6.45) is 1.72. The highest BCUT2D eigenvalue weighted by Crippen LogP contribution is 1.98. The monoisotopic (exact) mass is 114 g/mol. The van der Waals surface area contributed by atoms with Gasteiger partial charge < -0.3 is 11.5 Å². The van der Waals surface area contributed by atoms with Crippen LogP contribution in [0.25, 0.3) is 0 Å². The summed E-state index contributed by atoms with van der Waals surface area (Å²) in [5.74, 6) is 0. The summed E-state index contributed by atoms with van der Waals surface area (Å²) in [4.78, 5) is 0. The van der Waals surface area contributed by atoms with Crippen LogP contribution in [0.2, 0.25) is 0 Å². The fourth-order valence-corrected chi connectivity index (χ4v) is 0.454. The molecule has 0 aliphatic rings. The summed E-state index contributed by atoms with van der Waals surface area (Å²) < 4.78 is 0. The van der Waals surface area contributed by atoms with Crippen LogP contribution in [0.15, 0.2) is 11.4 Å². The smallest absolute Gasteiger partial charge is 0.0268 e. The molecule has 0 radical (unpaired) electrons. The molecule has 48 valence electrons. The molecule has 0 rings (SSSR count). The molecular weight excluding hydrogens is 100 g/mol. The molecule has 2 heteroatoms. The number of nitrogens with two attached hydrogens (primary N) is 2. The second-order valence-corrected chi connectivity index (χ2v) is 1.76. The molecule has 2 nitrogen and oxygen atoms in total. The van der Waals surface area contributed by atoms with Crippen LogP contribution in [0, 0.1) is 0 Å². The average molecular weight is 114 g/mol. The Balaban J connectivity index is 3.83. The largest absolute Gasteiger partial charge is 0.401 e. The van der Waals surface area contributed by atoms with Gasteiger partial charge in [-0.1, -0.05) is 13.8 Å². The first-order chi connectivity index (χ1) is 3.72. The van der Waals surface area contributed by atoms with Crippen LogP contribution in [-0.4, -0.2) is 0 Å². The van der Waals surface area contributed by atoms with Crippen LogP contribution in [0.1, 0.15) is 26.7 Å². The topological polar surface area (TPSA) is 52.0 Å². The molecule has 0 amide bonds. The molecule has 0 aromatic carbocycles. The van der Waals surface area contributed by atoms with Crippen molar-refractivity contribution in [3.05, 3.63) is 11.4 Å². The van der Waals surface area contributed by atoms with Crippen molar-refractivity contribution in [2.45, 2.75) is 26.7 Å². The second kappa shape index (κ2) is 3.36. The normalized spacial score (nSPS) is 13.2. The molecular formula is C6H14N2. The van der Waals surface area contributed by atoms with Gasteiger partial charge in [-0.05, 0) is 12.8 Å². The van der Waals surface area contributed by atoms with Crippen molar-refractivity contribution in [3.8, 4) is 0 Å². The van der Waals surface area contributed by atoms with Crippen LogP contribution in [0.5, 0.6) is 0 Å². The molecule has 0 aliphatic carbocycles. The predicted octanol–water partition coefficient (Wildman–Crippen LogP) is 0.935. The van der Waals surface area contributed by atoms with Gasteiger partial charge in [0.15, 0.2) is 0 Å². The summed E-state index contributed by atoms with van der Waals surface area (Å²) in [6.45, 7) is 4.00. The Morgan fingerprint density at radius 1 is 1.00 bits per heavy atom. The van der Waals surface area contributed by atoms with Crippen LogP contribution in [0.3, 0.4) is 0 Å². The summed E-state index contributed by atoms with van der Waals surface area (Å²) >= 11 is 0. The lowest BCUT2D eigenvalue weighted by atomic mass is 10.2. The van der Waals surface area contributed by atoms with E-state index >= 15 is 0 Å². The minimum atomic E-state index is 0.826. The highest BCUT2D eigenvalue weighted by atomic mass is 14.7. The molecule has 0 aromatic rings. The zero-order valence-corrected chi connectivity index (χ0v) is 5.57. The first-order valence-electron chi connectivity index (χ1n) is 2.95. The average Bonchev–Trinajstić information content (AvgIpc) is 1.84. The fraction of sp³-hybridized carbons (Fsp3) is 0.667. The van der Waals surface area contributed by atoms with E-state index in [0.29, 0.717) is 0 Å². The molecule has 0 aliphatic heterocycles. The van der Waals surface area contributed by atoms with E-state index < -0.39 is 0 Å². The minimum absolute atomic E-state index is 0.826. The molecule has 0 saturated heterocycles. The molecule has 0 aromatic heterocycles. The van der Waals surface area contributed by atoms with Gasteiger partial charge in [-0.15, -0.1) is 0 Å². The van der Waals surface area contributed by atoms with Crippen molar-refractivity contribution >= 4 is 0 Å². The van der Waals surface area contributed by atoms with Gasteiger partial charge in [-0.2, -0.15) is 0 Å². The third kappa shape index (κ3) is 1.87. The Kier molecular flexibility index (Phi) is 3.08. The first-order valence-corrected chi connectivity index (χ1v) is 2.95. The molecule has 0 saturated carbocycles. The summed E-state index contributed by atoms with van der Waals surface area (Å²) in [7, 11) is 0. The Hall–Kier alpha value is -0.660. The lowest BCUT2D eigenvalue weighted by Crippen LogP contribution is -2.07. The van der Waals surface area contributed by atoms with Crippen LogP contribution >= 0.6 is 0 Å². The van der Waals surface area contributed by atoms with E-state index in [9.17, 15) is 0 Å². The zero-order chi connectivity index (χ0) is 6.57. The van der Waals surface area contributed by atoms with E-state index in [2.05, 4.69) is 0 Å². The molecule has 0 atom stereocenters. The molecule has 0 unspecified atom stereocenters. The molecule has 0 heterocycles. The lowest BCUT2D eigenvalue weighted by Gasteiger charge is -1.99. The maximum Gasteiger partial charge on any atom is 0.0268 e. The van der Waals surface area contributed by atoms with Gasteiger partial charge in [-0.3, -0.25) is 0 Å². The van der Waals surface area contributed by atoms with Crippen molar-refractivity contribution in [1.82, 2.24) is 0 Å². The van der Waals surface area contributed by atoms with E-state index in [0.717, 1.165) is 24.2 Å². The van der Waals surface area contributed by atoms with E-state index in [1.165, 1.54) is 0 Å². The maximum absolute atomic E-state index is 5.48. The van der Waals surface area contributed by atoms with E-state index in [4.69, 9.17) is 11.5 Å². The van der Waals surface area contributed by atoms with Gasteiger partial charge in [-0.25, -0.2) is 0 Å². The SMILES string of the molecule is CCC(N)=C(N)CC. The van der Waals surface area contributed by atoms with Crippen molar-refractivity contribution < 1.29 is 0 Å². The highest BCUT2D eigenvalue weighted by Gasteiger charge is 1.89. The van der Waals surface area contributed by atoms with Crippen LogP contribution in [-0.2, 0) is 0 Å². The van der Waals surface area contributed by atoms with Crippen molar-refractivity contribution in [1.29, 1.82) is 0 Å². The van der Waals surface area contributed by atoms with Gasteiger partial charge in [0.05, 0.1) is 0 Å². The van der Waals surface area contributed by atoms with Gasteiger partial charge in [0.25, 0.3) is 0 Å². The van der Waals surface area contributed by atoms with Gasteiger partial charge in [0.1, 0.15) is 0 Å². The van der Waals surface area contributed by atoms with Crippen molar-refractivity contribution in [3.63, 3.8) is 0 Å². The fourth-order valence-electron chi connectivity index (χ4n) is 0.454. The van der Waals surface area contributed by atoms with Gasteiger partial charge >= 0.3 is 0 Å². The number of hydrogen-bond acceptors (Lipinski definition) is 2. The van der Waals surface area contributed by atoms with Crippen LogP contribution in [0.4, 0.5) is 0 Å². The second-order valence-electron chi connectivity index (χ2n) is 1.76. The summed E-state index contributed by atoms with van der Waals surface area (Å²) in [6, 6.07) is 0. The third-order valence-electron chi connectivity index (χ3n) is 1.17. The van der Waals surface area contributed by atoms with Crippen molar-refractivity contribution in [2.75, 3.05) is 0 Å². The molecule has 8 heavy (non-hydrogen) atoms. The number of hydrogen-bond donors (Lipinski definition) is 2. The molecule has 0 spiro atoms.